The van der Waals surface area contributed by atoms with Crippen LogP contribution >= 0.6 is 0 Å². The van der Waals surface area contributed by atoms with Crippen molar-refractivity contribution in [1.82, 2.24) is 0 Å². The van der Waals surface area contributed by atoms with E-state index in [0.717, 1.165) is 6.54 Å². The maximum absolute atomic E-state index is 2.63. The molecular formula is C23H30N2. The van der Waals surface area contributed by atoms with Gasteiger partial charge in [0.25, 0.3) is 0 Å². The van der Waals surface area contributed by atoms with E-state index in [2.05, 4.69) is 94.8 Å². The van der Waals surface area contributed by atoms with E-state index in [1.807, 2.05) is 0 Å². The standard InChI is InChI=1S/C23H30N2/c1-8-25-20-14-16(3)15(2)13-19(20)24(7)23(6)21(25)17-11-9-10-12-18(17)22(23,4)5/h9-14,21H,8H2,1-7H3/t21?,23-/m0/s1. The van der Waals surface area contributed by atoms with Crippen molar-refractivity contribution in [2.24, 2.45) is 0 Å². The third-order valence-corrected chi connectivity index (χ3v) is 7.34. The van der Waals surface area contributed by atoms with Crippen LogP contribution in [-0.4, -0.2) is 19.1 Å². The lowest BCUT2D eigenvalue weighted by Crippen LogP contribution is -2.63. The molecule has 0 N–H and O–H groups in total. The maximum atomic E-state index is 2.63. The molecule has 1 unspecified atom stereocenters. The molecule has 1 heterocycles. The number of rotatable bonds is 1. The highest BCUT2D eigenvalue weighted by Crippen LogP contribution is 2.61. The molecule has 1 aliphatic heterocycles. The summed E-state index contributed by atoms with van der Waals surface area (Å²) in [6.45, 7) is 15.1. The Hall–Kier alpha value is -1.96. The zero-order chi connectivity index (χ0) is 18.1. The van der Waals surface area contributed by atoms with Gasteiger partial charge in [-0.15, -0.1) is 0 Å². The van der Waals surface area contributed by atoms with Crippen LogP contribution in [0.5, 0.6) is 0 Å². The number of aryl methyl sites for hydroxylation is 2. The Labute approximate surface area is 152 Å². The predicted molar refractivity (Wildman–Crippen MR) is 108 cm³/mol. The van der Waals surface area contributed by atoms with Crippen molar-refractivity contribution in [2.75, 3.05) is 23.4 Å². The summed E-state index contributed by atoms with van der Waals surface area (Å²) in [5.41, 5.74) is 8.57. The van der Waals surface area contributed by atoms with Crippen molar-refractivity contribution in [3.8, 4) is 0 Å². The minimum atomic E-state index is 0.0153. The van der Waals surface area contributed by atoms with Crippen LogP contribution in [0.15, 0.2) is 36.4 Å². The van der Waals surface area contributed by atoms with Gasteiger partial charge in [0.15, 0.2) is 0 Å². The lowest BCUT2D eigenvalue weighted by molar-refractivity contribution is 0.240. The van der Waals surface area contributed by atoms with Gasteiger partial charge >= 0.3 is 0 Å². The number of nitrogens with zero attached hydrogens (tertiary/aromatic N) is 2. The van der Waals surface area contributed by atoms with Crippen molar-refractivity contribution >= 4 is 11.4 Å². The van der Waals surface area contributed by atoms with E-state index in [-0.39, 0.29) is 11.0 Å². The lowest BCUT2D eigenvalue weighted by Gasteiger charge is -2.57. The average molecular weight is 335 g/mol. The van der Waals surface area contributed by atoms with Crippen LogP contribution < -0.4 is 9.80 Å². The molecule has 1 aliphatic carbocycles. The molecule has 0 aromatic heterocycles. The van der Waals surface area contributed by atoms with Crippen LogP contribution in [0.1, 0.15) is 56.0 Å². The zero-order valence-electron chi connectivity index (χ0n) is 16.6. The first-order valence-corrected chi connectivity index (χ1v) is 9.46. The van der Waals surface area contributed by atoms with E-state index < -0.39 is 0 Å². The topological polar surface area (TPSA) is 6.48 Å². The Morgan fingerprint density at radius 1 is 0.960 bits per heavy atom. The van der Waals surface area contributed by atoms with E-state index in [9.17, 15) is 0 Å². The summed E-state index contributed by atoms with van der Waals surface area (Å²) in [5.74, 6) is 0. The third kappa shape index (κ3) is 1.80. The Kier molecular flexibility index (Phi) is 3.32. The first-order valence-electron chi connectivity index (χ1n) is 9.46. The van der Waals surface area contributed by atoms with E-state index in [4.69, 9.17) is 0 Å². The normalized spacial score (nSPS) is 26.3. The molecule has 0 saturated carbocycles. The molecule has 4 rings (SSSR count). The first kappa shape index (κ1) is 16.5. The number of hydrogen-bond donors (Lipinski definition) is 0. The summed E-state index contributed by atoms with van der Waals surface area (Å²) >= 11 is 0. The zero-order valence-corrected chi connectivity index (χ0v) is 16.6. The maximum Gasteiger partial charge on any atom is 0.0783 e. The van der Waals surface area contributed by atoms with Crippen molar-refractivity contribution in [3.63, 3.8) is 0 Å². The molecule has 2 aliphatic rings. The monoisotopic (exact) mass is 334 g/mol. The minimum absolute atomic E-state index is 0.0153. The van der Waals surface area contributed by atoms with E-state index in [1.165, 1.54) is 33.6 Å². The van der Waals surface area contributed by atoms with Gasteiger partial charge in [0, 0.05) is 19.0 Å². The smallest absolute Gasteiger partial charge is 0.0783 e. The molecule has 0 amide bonds. The van der Waals surface area contributed by atoms with Gasteiger partial charge in [-0.3, -0.25) is 0 Å². The predicted octanol–water partition coefficient (Wildman–Crippen LogP) is 5.37. The van der Waals surface area contributed by atoms with E-state index in [0.29, 0.717) is 6.04 Å². The first-order chi connectivity index (χ1) is 11.7. The molecule has 0 bridgehead atoms. The van der Waals surface area contributed by atoms with Crippen LogP contribution in [0.25, 0.3) is 0 Å². The SMILES string of the molecule is CCN1c2cc(C)c(C)cc2N(C)[C@@]2(C)C1c1ccccc1C2(C)C. The quantitative estimate of drug-likeness (QED) is 0.691. The highest BCUT2D eigenvalue weighted by Gasteiger charge is 2.61. The second kappa shape index (κ2) is 5.03. The molecule has 0 radical (unpaired) electrons. The Morgan fingerprint density at radius 2 is 1.56 bits per heavy atom. The molecule has 25 heavy (non-hydrogen) atoms. The average Bonchev–Trinajstić information content (AvgIpc) is 2.77. The lowest BCUT2D eigenvalue weighted by atomic mass is 9.69. The van der Waals surface area contributed by atoms with Crippen molar-refractivity contribution in [1.29, 1.82) is 0 Å². The summed E-state index contributed by atoms with van der Waals surface area (Å²) in [7, 11) is 2.29. The van der Waals surface area contributed by atoms with Gasteiger partial charge in [0.05, 0.1) is 23.0 Å². The second-order valence-electron chi connectivity index (χ2n) is 8.53. The summed E-state index contributed by atoms with van der Waals surface area (Å²) < 4.78 is 0. The van der Waals surface area contributed by atoms with Crippen LogP contribution in [0.2, 0.25) is 0 Å². The molecule has 132 valence electrons. The second-order valence-corrected chi connectivity index (χ2v) is 8.53. The number of anilines is 2. The fourth-order valence-corrected chi connectivity index (χ4v) is 5.32. The van der Waals surface area contributed by atoms with Gasteiger partial charge in [-0.2, -0.15) is 0 Å². The molecule has 2 nitrogen and oxygen atoms in total. The fourth-order valence-electron chi connectivity index (χ4n) is 5.32. The highest BCUT2D eigenvalue weighted by atomic mass is 15.3. The number of benzene rings is 2. The highest BCUT2D eigenvalue weighted by molar-refractivity contribution is 5.80. The van der Waals surface area contributed by atoms with Gasteiger partial charge in [-0.05, 0) is 62.1 Å². The molecule has 0 fully saturated rings. The number of likely N-dealkylation sites (N-methyl/N-ethyl adjacent to an activating group) is 2. The van der Waals surface area contributed by atoms with Gasteiger partial charge in [0.2, 0.25) is 0 Å². The minimum Gasteiger partial charge on any atom is -0.364 e. The van der Waals surface area contributed by atoms with Gasteiger partial charge in [-0.25, -0.2) is 0 Å². The van der Waals surface area contributed by atoms with Crippen LogP contribution in [0, 0.1) is 13.8 Å². The van der Waals surface area contributed by atoms with Crippen LogP contribution in [0.4, 0.5) is 11.4 Å². The number of fused-ring (bicyclic) bond motifs is 4. The fraction of sp³-hybridized carbons (Fsp3) is 0.478. The van der Waals surface area contributed by atoms with Crippen LogP contribution in [0.3, 0.4) is 0 Å². The summed E-state index contributed by atoms with van der Waals surface area (Å²) in [6, 6.07) is 14.2. The van der Waals surface area contributed by atoms with Crippen molar-refractivity contribution in [3.05, 3.63) is 58.7 Å². The molecule has 2 aromatic carbocycles. The van der Waals surface area contributed by atoms with Gasteiger partial charge < -0.3 is 9.80 Å². The third-order valence-electron chi connectivity index (χ3n) is 7.34. The largest absolute Gasteiger partial charge is 0.364 e. The Balaban J connectivity index is 2.05. The molecule has 2 aromatic rings. The van der Waals surface area contributed by atoms with Crippen molar-refractivity contribution < 1.29 is 0 Å². The Morgan fingerprint density at radius 3 is 2.20 bits per heavy atom. The Bertz CT molecular complexity index is 851. The summed E-state index contributed by atoms with van der Waals surface area (Å²) in [4.78, 5) is 5.20. The van der Waals surface area contributed by atoms with E-state index >= 15 is 0 Å². The van der Waals surface area contributed by atoms with Gasteiger partial charge in [-0.1, -0.05) is 38.1 Å². The molecule has 2 heteroatoms. The molecule has 0 spiro atoms. The summed E-state index contributed by atoms with van der Waals surface area (Å²) in [5, 5.41) is 0. The molecular weight excluding hydrogens is 304 g/mol. The molecule has 2 atom stereocenters. The van der Waals surface area contributed by atoms with Crippen LogP contribution in [-0.2, 0) is 5.41 Å². The van der Waals surface area contributed by atoms with Crippen molar-refractivity contribution in [2.45, 2.75) is 58.5 Å². The number of hydrogen-bond acceptors (Lipinski definition) is 2. The van der Waals surface area contributed by atoms with Gasteiger partial charge in [0.1, 0.15) is 0 Å². The summed E-state index contributed by atoms with van der Waals surface area (Å²) in [6.07, 6.45) is 0. The van der Waals surface area contributed by atoms with E-state index in [1.54, 1.807) is 0 Å². The molecule has 0 saturated heterocycles.